The number of imidazole rings is 1. The molecular weight excluding hydrogens is 500 g/mol. The number of ketones is 1. The van der Waals surface area contributed by atoms with Crippen molar-refractivity contribution < 1.29 is 19.4 Å². The first kappa shape index (κ1) is 25.9. The second-order valence-electron chi connectivity index (χ2n) is 9.38. The molecule has 198 valence electrons. The monoisotopic (exact) mass is 532 g/mol. The molecule has 1 N–H and O–H groups in total. The van der Waals surface area contributed by atoms with Crippen LogP contribution < -0.4 is 4.74 Å². The summed E-state index contributed by atoms with van der Waals surface area (Å²) in [7, 11) is 1.59. The van der Waals surface area contributed by atoms with Gasteiger partial charge in [0, 0.05) is 12.2 Å². The van der Waals surface area contributed by atoms with Crippen molar-refractivity contribution in [1.29, 1.82) is 0 Å². The molecule has 0 aliphatic carbocycles. The largest absolute Gasteiger partial charge is 0.503 e. The first-order chi connectivity index (χ1) is 18.4. The summed E-state index contributed by atoms with van der Waals surface area (Å²) >= 11 is 1.28. The van der Waals surface area contributed by atoms with E-state index in [0.29, 0.717) is 22.1 Å². The molecule has 9 heteroatoms. The van der Waals surface area contributed by atoms with Gasteiger partial charge in [0.15, 0.2) is 10.7 Å². The highest BCUT2D eigenvalue weighted by Gasteiger charge is 2.44. The molecule has 2 aromatic heterocycles. The van der Waals surface area contributed by atoms with Gasteiger partial charge in [0.1, 0.15) is 5.75 Å². The van der Waals surface area contributed by atoms with Gasteiger partial charge in [0.25, 0.3) is 5.91 Å². The maximum absolute atomic E-state index is 14.1. The molecule has 1 amide bonds. The molecule has 0 bridgehead atoms. The van der Waals surface area contributed by atoms with Crippen molar-refractivity contribution in [2.75, 3.05) is 33.3 Å². The summed E-state index contributed by atoms with van der Waals surface area (Å²) in [4.78, 5) is 37.2. The minimum Gasteiger partial charge on any atom is -0.503 e. The molecule has 1 aliphatic heterocycles. The van der Waals surface area contributed by atoms with E-state index in [-0.39, 0.29) is 11.4 Å². The number of carbonyl (C=O) groups excluding carboxylic acids is 2. The summed E-state index contributed by atoms with van der Waals surface area (Å²) in [6, 6.07) is 14.4. The van der Waals surface area contributed by atoms with E-state index in [0.717, 1.165) is 48.3 Å². The third-order valence-corrected chi connectivity index (χ3v) is 8.48. The number of methoxy groups -OCH3 is 1. The number of hydrogen-bond acceptors (Lipinski definition) is 7. The van der Waals surface area contributed by atoms with Crippen LogP contribution >= 0.6 is 11.3 Å². The van der Waals surface area contributed by atoms with Crippen LogP contribution in [0.4, 0.5) is 0 Å². The minimum atomic E-state index is -0.692. The zero-order chi connectivity index (χ0) is 27.0. The van der Waals surface area contributed by atoms with Crippen molar-refractivity contribution in [1.82, 2.24) is 19.2 Å². The zero-order valence-electron chi connectivity index (χ0n) is 22.1. The smallest absolute Gasteiger partial charge is 0.290 e. The summed E-state index contributed by atoms with van der Waals surface area (Å²) in [6.45, 7) is 9.19. The van der Waals surface area contributed by atoms with Gasteiger partial charge in [-0.2, -0.15) is 0 Å². The molecule has 2 aromatic carbocycles. The molecule has 0 radical (unpaired) electrons. The fourth-order valence-electron chi connectivity index (χ4n) is 5.25. The van der Waals surface area contributed by atoms with Crippen molar-refractivity contribution >= 4 is 39.0 Å². The van der Waals surface area contributed by atoms with Crippen molar-refractivity contribution in [2.45, 2.75) is 33.2 Å². The average Bonchev–Trinajstić information content (AvgIpc) is 3.55. The Hall–Kier alpha value is -3.69. The van der Waals surface area contributed by atoms with Gasteiger partial charge in [-0.25, -0.2) is 4.98 Å². The summed E-state index contributed by atoms with van der Waals surface area (Å²) in [6.07, 6.45) is 0.729. The number of Topliss-reactive ketones (excluding diaryl/α,β-unsaturated/α-hetero) is 1. The van der Waals surface area contributed by atoms with Crippen molar-refractivity contribution in [3.63, 3.8) is 0 Å². The van der Waals surface area contributed by atoms with Crippen LogP contribution in [-0.2, 0) is 4.79 Å². The number of thiazole rings is 1. The Morgan fingerprint density at radius 2 is 1.84 bits per heavy atom. The lowest BCUT2D eigenvalue weighted by atomic mass is 9.95. The fraction of sp³-hybridized carbons (Fsp3) is 0.345. The number of benzene rings is 2. The Labute approximate surface area is 225 Å². The molecule has 0 fully saturated rings. The minimum absolute atomic E-state index is 0.111. The lowest BCUT2D eigenvalue weighted by molar-refractivity contribution is -0.129. The molecule has 8 nitrogen and oxygen atoms in total. The molecule has 0 spiro atoms. The first-order valence-electron chi connectivity index (χ1n) is 12.9. The van der Waals surface area contributed by atoms with Crippen LogP contribution in [0.25, 0.3) is 16.0 Å². The van der Waals surface area contributed by atoms with E-state index in [1.807, 2.05) is 59.9 Å². The van der Waals surface area contributed by atoms with Gasteiger partial charge < -0.3 is 19.6 Å². The maximum atomic E-state index is 14.1. The Bertz CT molecular complexity index is 1530. The number of aliphatic hydroxyl groups is 1. The average molecular weight is 533 g/mol. The molecule has 0 saturated heterocycles. The van der Waals surface area contributed by atoms with Crippen LogP contribution in [0.15, 0.2) is 59.9 Å². The number of para-hydroxylation sites is 2. The number of ether oxygens (including phenoxy) is 1. The highest BCUT2D eigenvalue weighted by molar-refractivity contribution is 7.19. The van der Waals surface area contributed by atoms with Gasteiger partial charge in [-0.15, -0.1) is 0 Å². The number of amides is 1. The molecule has 0 saturated carbocycles. The van der Waals surface area contributed by atoms with E-state index in [9.17, 15) is 14.7 Å². The molecule has 5 rings (SSSR count). The number of carbonyl (C=O) groups is 2. The SMILES string of the molecule is CCN(CC)CCCN1C(=O)C(O)=C(C(=O)c2sc3nc4ccccc4n3c2C)C1c1ccc(OC)cc1. The van der Waals surface area contributed by atoms with Crippen molar-refractivity contribution in [3.8, 4) is 5.75 Å². The van der Waals surface area contributed by atoms with Gasteiger partial charge >= 0.3 is 0 Å². The summed E-state index contributed by atoms with van der Waals surface area (Å²) < 4.78 is 7.28. The lowest BCUT2D eigenvalue weighted by Crippen LogP contribution is -2.34. The van der Waals surface area contributed by atoms with Crippen LogP contribution in [0, 0.1) is 6.92 Å². The van der Waals surface area contributed by atoms with Crippen LogP contribution in [0.3, 0.4) is 0 Å². The van der Waals surface area contributed by atoms with E-state index in [4.69, 9.17) is 4.74 Å². The molecule has 1 unspecified atom stereocenters. The molecule has 3 heterocycles. The molecule has 1 atom stereocenters. The van der Waals surface area contributed by atoms with E-state index >= 15 is 0 Å². The Morgan fingerprint density at radius 1 is 1.13 bits per heavy atom. The van der Waals surface area contributed by atoms with Crippen molar-refractivity contribution in [3.05, 3.63) is 76.0 Å². The Kier molecular flexibility index (Phi) is 7.23. The first-order valence-corrected chi connectivity index (χ1v) is 13.7. The number of aliphatic hydroxyl groups excluding tert-OH is 1. The third-order valence-electron chi connectivity index (χ3n) is 7.34. The van der Waals surface area contributed by atoms with E-state index < -0.39 is 17.7 Å². The Morgan fingerprint density at radius 3 is 2.53 bits per heavy atom. The highest BCUT2D eigenvalue weighted by Crippen LogP contribution is 2.41. The normalized spacial score (nSPS) is 16.0. The number of aryl methyl sites for hydroxylation is 1. The van der Waals surface area contributed by atoms with Crippen LogP contribution in [0.1, 0.15) is 47.2 Å². The van der Waals surface area contributed by atoms with Gasteiger partial charge in [-0.3, -0.25) is 14.0 Å². The third kappa shape index (κ3) is 4.35. The lowest BCUT2D eigenvalue weighted by Gasteiger charge is -2.28. The topological polar surface area (TPSA) is 87.4 Å². The number of nitrogens with zero attached hydrogens (tertiary/aromatic N) is 4. The quantitative estimate of drug-likeness (QED) is 0.283. The zero-order valence-corrected chi connectivity index (χ0v) is 22.9. The van der Waals surface area contributed by atoms with Crippen LogP contribution in [0.2, 0.25) is 0 Å². The predicted molar refractivity (Wildman–Crippen MR) is 149 cm³/mol. The Balaban J connectivity index is 1.54. The van der Waals surface area contributed by atoms with Crippen LogP contribution in [-0.4, -0.2) is 69.3 Å². The summed E-state index contributed by atoms with van der Waals surface area (Å²) in [5.74, 6) is -0.665. The number of fused-ring (bicyclic) bond motifs is 3. The predicted octanol–water partition coefficient (Wildman–Crippen LogP) is 5.18. The molecule has 4 aromatic rings. The van der Waals surface area contributed by atoms with E-state index in [2.05, 4.69) is 23.7 Å². The maximum Gasteiger partial charge on any atom is 0.290 e. The molecular formula is C29H32N4O4S. The summed E-state index contributed by atoms with van der Waals surface area (Å²) in [5, 5.41) is 11.1. The number of rotatable bonds is 10. The van der Waals surface area contributed by atoms with Crippen LogP contribution in [0.5, 0.6) is 5.75 Å². The van der Waals surface area contributed by atoms with E-state index in [1.54, 1.807) is 12.0 Å². The van der Waals surface area contributed by atoms with E-state index in [1.165, 1.54) is 11.3 Å². The fourth-order valence-corrected chi connectivity index (χ4v) is 6.34. The second kappa shape index (κ2) is 10.6. The standard InChI is InChI=1S/C29H32N4O4S/c1-5-31(6-2)16-9-17-32-24(19-12-14-20(37-4)15-13-19)23(26(35)28(32)36)25(34)27-18(3)33-22-11-8-7-10-21(22)30-29(33)38-27/h7-8,10-15,24,35H,5-6,9,16-17H2,1-4H3. The second-order valence-corrected chi connectivity index (χ2v) is 10.4. The van der Waals surface area contributed by atoms with Gasteiger partial charge in [-0.1, -0.05) is 49.4 Å². The van der Waals surface area contributed by atoms with Gasteiger partial charge in [0.2, 0.25) is 5.78 Å². The molecule has 1 aliphatic rings. The molecule has 38 heavy (non-hydrogen) atoms. The van der Waals surface area contributed by atoms with Gasteiger partial charge in [-0.05, 0) is 62.8 Å². The summed E-state index contributed by atoms with van der Waals surface area (Å²) in [5.41, 5.74) is 3.37. The van der Waals surface area contributed by atoms with Crippen molar-refractivity contribution in [2.24, 2.45) is 0 Å². The number of aromatic nitrogens is 2. The highest BCUT2D eigenvalue weighted by atomic mass is 32.1. The number of hydrogen-bond donors (Lipinski definition) is 1. The van der Waals surface area contributed by atoms with Gasteiger partial charge in [0.05, 0.1) is 34.6 Å².